The normalized spacial score (nSPS) is 18.9. The van der Waals surface area contributed by atoms with Crippen molar-refractivity contribution in [3.05, 3.63) is 11.8 Å². The number of amides is 2. The number of piperazine rings is 1. The molecule has 1 aliphatic heterocycles. The van der Waals surface area contributed by atoms with Crippen LogP contribution in [0.1, 0.15) is 38.0 Å². The zero-order valence-corrected chi connectivity index (χ0v) is 15.2. The summed E-state index contributed by atoms with van der Waals surface area (Å²) in [6.45, 7) is 5.71. The van der Waals surface area contributed by atoms with Crippen molar-refractivity contribution in [2.45, 2.75) is 38.6 Å². The Bertz CT molecular complexity index is 584. The van der Waals surface area contributed by atoms with E-state index < -0.39 is 0 Å². The molecule has 8 nitrogen and oxygen atoms in total. The van der Waals surface area contributed by atoms with Crippen LogP contribution in [0.15, 0.2) is 4.42 Å². The number of carbonyl (C=O) groups excluding carboxylic acids is 2. The summed E-state index contributed by atoms with van der Waals surface area (Å²) in [5, 5.41) is 7.95. The van der Waals surface area contributed by atoms with Crippen molar-refractivity contribution in [2.75, 3.05) is 40.8 Å². The minimum absolute atomic E-state index is 0.0175. The predicted molar refractivity (Wildman–Crippen MR) is 88.4 cm³/mol. The number of rotatable bonds is 5. The number of aryl methyl sites for hydroxylation is 1. The Morgan fingerprint density at radius 1 is 1.29 bits per heavy atom. The third kappa shape index (κ3) is 4.31. The number of likely N-dealkylation sites (N-methyl/N-ethyl adjacent to an activating group) is 2. The topological polar surface area (TPSA) is 82.8 Å². The Morgan fingerprint density at radius 2 is 2.00 bits per heavy atom. The molecule has 0 unspecified atom stereocenters. The van der Waals surface area contributed by atoms with Gasteiger partial charge in [-0.1, -0.05) is 13.8 Å². The highest BCUT2D eigenvalue weighted by molar-refractivity contribution is 5.83. The Morgan fingerprint density at radius 3 is 2.58 bits per heavy atom. The number of aromatic nitrogens is 2. The average molecular weight is 337 g/mol. The van der Waals surface area contributed by atoms with Crippen LogP contribution in [0, 0.1) is 0 Å². The van der Waals surface area contributed by atoms with E-state index in [4.69, 9.17) is 4.42 Å². The van der Waals surface area contributed by atoms with Crippen LogP contribution in [0.2, 0.25) is 0 Å². The quantitative estimate of drug-likeness (QED) is 0.771. The SMILES string of the molecule is CC(C)c1nnc(CCC(=O)N2CCN(C)[C@H](C(=O)N(C)C)C2)o1. The van der Waals surface area contributed by atoms with Crippen molar-refractivity contribution < 1.29 is 14.0 Å². The van der Waals surface area contributed by atoms with Crippen LogP contribution in [0.4, 0.5) is 0 Å². The molecule has 134 valence electrons. The van der Waals surface area contributed by atoms with Gasteiger partial charge in [-0.05, 0) is 7.05 Å². The average Bonchev–Trinajstić information content (AvgIpc) is 3.01. The van der Waals surface area contributed by atoms with E-state index in [1.54, 1.807) is 23.9 Å². The van der Waals surface area contributed by atoms with E-state index in [1.165, 1.54) is 0 Å². The molecule has 0 spiro atoms. The summed E-state index contributed by atoms with van der Waals surface area (Å²) in [7, 11) is 5.39. The van der Waals surface area contributed by atoms with E-state index in [9.17, 15) is 9.59 Å². The molecule has 1 fully saturated rings. The van der Waals surface area contributed by atoms with Crippen molar-refractivity contribution in [3.8, 4) is 0 Å². The molecule has 1 aromatic heterocycles. The van der Waals surface area contributed by atoms with Gasteiger partial charge < -0.3 is 14.2 Å². The minimum atomic E-state index is -0.284. The van der Waals surface area contributed by atoms with Crippen LogP contribution >= 0.6 is 0 Å². The molecule has 1 atom stereocenters. The summed E-state index contributed by atoms with van der Waals surface area (Å²) < 4.78 is 5.53. The van der Waals surface area contributed by atoms with E-state index >= 15 is 0 Å². The number of nitrogens with zero attached hydrogens (tertiary/aromatic N) is 5. The molecule has 1 saturated heterocycles. The summed E-state index contributed by atoms with van der Waals surface area (Å²) >= 11 is 0. The first-order valence-corrected chi connectivity index (χ1v) is 8.31. The molecular weight excluding hydrogens is 310 g/mol. The fourth-order valence-electron chi connectivity index (χ4n) is 2.64. The van der Waals surface area contributed by atoms with Gasteiger partial charge in [0.15, 0.2) is 0 Å². The lowest BCUT2D eigenvalue weighted by Gasteiger charge is -2.39. The largest absolute Gasteiger partial charge is 0.425 e. The second-order valence-electron chi connectivity index (χ2n) is 6.76. The van der Waals surface area contributed by atoms with Gasteiger partial charge in [-0.15, -0.1) is 10.2 Å². The van der Waals surface area contributed by atoms with Gasteiger partial charge in [0.25, 0.3) is 0 Å². The molecule has 0 aliphatic carbocycles. The molecule has 8 heteroatoms. The molecule has 1 aromatic rings. The van der Waals surface area contributed by atoms with Crippen molar-refractivity contribution >= 4 is 11.8 Å². The third-order valence-corrected chi connectivity index (χ3v) is 4.26. The van der Waals surface area contributed by atoms with E-state index in [-0.39, 0.29) is 23.8 Å². The first-order valence-electron chi connectivity index (χ1n) is 8.31. The minimum Gasteiger partial charge on any atom is -0.425 e. The van der Waals surface area contributed by atoms with Gasteiger partial charge >= 0.3 is 0 Å². The molecule has 0 bridgehead atoms. The second-order valence-corrected chi connectivity index (χ2v) is 6.76. The summed E-state index contributed by atoms with van der Waals surface area (Å²) in [5.74, 6) is 1.30. The molecular formula is C16H27N5O3. The molecule has 2 rings (SSSR count). The van der Waals surface area contributed by atoms with E-state index in [0.29, 0.717) is 44.3 Å². The van der Waals surface area contributed by atoms with Gasteiger partial charge in [0.1, 0.15) is 6.04 Å². The summed E-state index contributed by atoms with van der Waals surface area (Å²) in [5.41, 5.74) is 0. The van der Waals surface area contributed by atoms with Crippen LogP contribution < -0.4 is 0 Å². The number of carbonyl (C=O) groups is 2. The van der Waals surface area contributed by atoms with Crippen LogP contribution in [0.3, 0.4) is 0 Å². The van der Waals surface area contributed by atoms with Crippen molar-refractivity contribution in [1.82, 2.24) is 24.9 Å². The fraction of sp³-hybridized carbons (Fsp3) is 0.750. The summed E-state index contributed by atoms with van der Waals surface area (Å²) in [6, 6.07) is -0.284. The summed E-state index contributed by atoms with van der Waals surface area (Å²) in [4.78, 5) is 30.0. The monoisotopic (exact) mass is 337 g/mol. The lowest BCUT2D eigenvalue weighted by Crippen LogP contribution is -2.58. The van der Waals surface area contributed by atoms with Gasteiger partial charge in [-0.25, -0.2) is 0 Å². The highest BCUT2D eigenvalue weighted by Crippen LogP contribution is 2.15. The summed E-state index contributed by atoms with van der Waals surface area (Å²) in [6.07, 6.45) is 0.740. The van der Waals surface area contributed by atoms with E-state index in [1.807, 2.05) is 25.8 Å². The fourth-order valence-corrected chi connectivity index (χ4v) is 2.64. The molecule has 2 amide bonds. The van der Waals surface area contributed by atoms with Crippen LogP contribution in [-0.2, 0) is 16.0 Å². The lowest BCUT2D eigenvalue weighted by atomic mass is 10.1. The Labute approximate surface area is 142 Å². The van der Waals surface area contributed by atoms with Crippen LogP contribution in [-0.4, -0.2) is 83.5 Å². The van der Waals surface area contributed by atoms with Crippen molar-refractivity contribution in [2.24, 2.45) is 0 Å². The standard InChI is InChI=1S/C16H27N5O3/c1-11(2)15-18-17-13(24-15)6-7-14(22)21-9-8-20(5)12(10-21)16(23)19(3)4/h11-12H,6-10H2,1-5H3/t12-/m0/s1. The van der Waals surface area contributed by atoms with Gasteiger partial charge in [-0.2, -0.15) is 0 Å². The van der Waals surface area contributed by atoms with Gasteiger partial charge in [0.05, 0.1) is 0 Å². The molecule has 0 radical (unpaired) electrons. The van der Waals surface area contributed by atoms with Gasteiger partial charge in [-0.3, -0.25) is 14.5 Å². The molecule has 24 heavy (non-hydrogen) atoms. The molecule has 0 N–H and O–H groups in total. The number of hydrogen-bond donors (Lipinski definition) is 0. The first kappa shape index (κ1) is 18.4. The second kappa shape index (κ2) is 7.74. The zero-order valence-electron chi connectivity index (χ0n) is 15.2. The van der Waals surface area contributed by atoms with Crippen molar-refractivity contribution in [1.29, 1.82) is 0 Å². The highest BCUT2D eigenvalue weighted by atomic mass is 16.4. The molecule has 0 aromatic carbocycles. The maximum Gasteiger partial charge on any atom is 0.241 e. The molecule has 1 aliphatic rings. The molecule has 0 saturated carbocycles. The predicted octanol–water partition coefficient (Wildman–Crippen LogP) is 0.356. The highest BCUT2D eigenvalue weighted by Gasteiger charge is 2.32. The van der Waals surface area contributed by atoms with E-state index in [2.05, 4.69) is 10.2 Å². The lowest BCUT2D eigenvalue weighted by molar-refractivity contribution is -0.141. The zero-order chi connectivity index (χ0) is 17.9. The molecule has 2 heterocycles. The van der Waals surface area contributed by atoms with Gasteiger partial charge in [0.2, 0.25) is 23.6 Å². The van der Waals surface area contributed by atoms with Crippen LogP contribution in [0.25, 0.3) is 0 Å². The Balaban J connectivity index is 1.90. The first-order chi connectivity index (χ1) is 11.3. The third-order valence-electron chi connectivity index (χ3n) is 4.26. The van der Waals surface area contributed by atoms with Crippen molar-refractivity contribution in [3.63, 3.8) is 0 Å². The van der Waals surface area contributed by atoms with E-state index in [0.717, 1.165) is 0 Å². The maximum atomic E-state index is 12.4. The number of hydrogen-bond acceptors (Lipinski definition) is 6. The van der Waals surface area contributed by atoms with Gasteiger partial charge in [0, 0.05) is 52.5 Å². The maximum absolute atomic E-state index is 12.4. The Kier molecular flexibility index (Phi) is 5.93. The smallest absolute Gasteiger partial charge is 0.241 e. The Hall–Kier alpha value is -1.96. The van der Waals surface area contributed by atoms with Crippen LogP contribution in [0.5, 0.6) is 0 Å².